The Hall–Kier alpha value is -1.81. The standard InChI is InChI=1S/C21H28N2O2/c1-16-2-6-20(7-3-16)25-15-21(24)23-10-8-22(9-11-23)14-19-13-17-4-5-18(19)12-17/h2-7,17-19H,8-15H2,1H3/p+1/t17-,18+,19-/m1/s1. The number of amides is 1. The molecule has 0 spiro atoms. The Labute approximate surface area is 150 Å². The van der Waals surface area contributed by atoms with Crippen molar-refractivity contribution in [2.24, 2.45) is 17.8 Å². The Morgan fingerprint density at radius 2 is 1.92 bits per heavy atom. The van der Waals surface area contributed by atoms with E-state index in [2.05, 4.69) is 12.2 Å². The Bertz CT molecular complexity index is 632. The molecule has 0 unspecified atom stereocenters. The summed E-state index contributed by atoms with van der Waals surface area (Å²) in [7, 11) is 0. The number of ether oxygens (including phenoxy) is 1. The summed E-state index contributed by atoms with van der Waals surface area (Å²) >= 11 is 0. The van der Waals surface area contributed by atoms with Crippen molar-refractivity contribution in [1.82, 2.24) is 4.90 Å². The van der Waals surface area contributed by atoms with Crippen molar-refractivity contribution in [2.75, 3.05) is 39.3 Å². The highest BCUT2D eigenvalue weighted by atomic mass is 16.5. The van der Waals surface area contributed by atoms with Crippen molar-refractivity contribution in [3.63, 3.8) is 0 Å². The molecule has 1 saturated carbocycles. The monoisotopic (exact) mass is 341 g/mol. The number of carbonyl (C=O) groups excluding carboxylic acids is 1. The molecule has 2 aliphatic carbocycles. The van der Waals surface area contributed by atoms with E-state index in [1.165, 1.54) is 24.9 Å². The average molecular weight is 341 g/mol. The van der Waals surface area contributed by atoms with E-state index in [0.29, 0.717) is 0 Å². The molecule has 2 fully saturated rings. The van der Waals surface area contributed by atoms with Gasteiger partial charge in [-0.25, -0.2) is 0 Å². The van der Waals surface area contributed by atoms with Crippen molar-refractivity contribution in [2.45, 2.75) is 19.8 Å². The molecule has 3 atom stereocenters. The first kappa shape index (κ1) is 16.6. The van der Waals surface area contributed by atoms with Gasteiger partial charge in [-0.2, -0.15) is 0 Å². The van der Waals surface area contributed by atoms with E-state index in [9.17, 15) is 4.79 Å². The molecular formula is C21H29N2O2+. The van der Waals surface area contributed by atoms with E-state index in [4.69, 9.17) is 4.74 Å². The summed E-state index contributed by atoms with van der Waals surface area (Å²) in [5.41, 5.74) is 1.20. The third-order valence-electron chi connectivity index (χ3n) is 6.17. The van der Waals surface area contributed by atoms with Crippen molar-refractivity contribution in [3.8, 4) is 5.75 Å². The third-order valence-corrected chi connectivity index (χ3v) is 6.17. The molecule has 4 nitrogen and oxygen atoms in total. The number of nitrogens with one attached hydrogen (secondary N) is 1. The molecule has 1 aromatic rings. The van der Waals surface area contributed by atoms with Crippen LogP contribution in [-0.4, -0.2) is 50.1 Å². The van der Waals surface area contributed by atoms with Gasteiger partial charge in [-0.15, -0.1) is 0 Å². The van der Waals surface area contributed by atoms with Gasteiger partial charge in [0.2, 0.25) is 0 Å². The lowest BCUT2D eigenvalue weighted by atomic mass is 9.93. The Balaban J connectivity index is 1.19. The predicted octanol–water partition coefficient (Wildman–Crippen LogP) is 1.31. The van der Waals surface area contributed by atoms with Gasteiger partial charge in [0.25, 0.3) is 5.91 Å². The number of hydrogen-bond donors (Lipinski definition) is 1. The van der Waals surface area contributed by atoms with Crippen LogP contribution in [-0.2, 0) is 4.79 Å². The van der Waals surface area contributed by atoms with E-state index < -0.39 is 0 Å². The first-order chi connectivity index (χ1) is 12.2. The van der Waals surface area contributed by atoms with Crippen molar-refractivity contribution >= 4 is 5.91 Å². The number of allylic oxidation sites excluding steroid dienone is 2. The van der Waals surface area contributed by atoms with E-state index in [1.807, 2.05) is 36.1 Å². The van der Waals surface area contributed by atoms with E-state index in [1.54, 1.807) is 4.90 Å². The molecule has 4 rings (SSSR count). The zero-order chi connectivity index (χ0) is 17.2. The summed E-state index contributed by atoms with van der Waals surface area (Å²) in [6.45, 7) is 7.36. The van der Waals surface area contributed by atoms with Crippen LogP contribution < -0.4 is 9.64 Å². The Kier molecular flexibility index (Phi) is 4.80. The van der Waals surface area contributed by atoms with Gasteiger partial charge in [0.1, 0.15) is 5.75 Å². The summed E-state index contributed by atoms with van der Waals surface area (Å²) in [5.74, 6) is 3.45. The van der Waals surface area contributed by atoms with Gasteiger partial charge in [0.05, 0.1) is 32.7 Å². The number of quaternary nitrogens is 1. The van der Waals surface area contributed by atoms with Crippen LogP contribution in [0.4, 0.5) is 0 Å². The molecule has 1 aromatic carbocycles. The van der Waals surface area contributed by atoms with Crippen LogP contribution in [0.15, 0.2) is 36.4 Å². The summed E-state index contributed by atoms with van der Waals surface area (Å²) < 4.78 is 5.64. The molecular weight excluding hydrogens is 312 g/mol. The van der Waals surface area contributed by atoms with Crippen LogP contribution >= 0.6 is 0 Å². The number of aryl methyl sites for hydroxylation is 1. The van der Waals surface area contributed by atoms with Crippen LogP contribution in [0.25, 0.3) is 0 Å². The van der Waals surface area contributed by atoms with Crippen LogP contribution in [0.2, 0.25) is 0 Å². The predicted molar refractivity (Wildman–Crippen MR) is 97.7 cm³/mol. The Morgan fingerprint density at radius 3 is 2.56 bits per heavy atom. The van der Waals surface area contributed by atoms with Gasteiger partial charge >= 0.3 is 0 Å². The smallest absolute Gasteiger partial charge is 0.260 e. The molecule has 4 heteroatoms. The number of rotatable bonds is 5. The molecule has 1 aliphatic heterocycles. The second-order valence-corrected chi connectivity index (χ2v) is 7.98. The summed E-state index contributed by atoms with van der Waals surface area (Å²) in [6.07, 6.45) is 7.64. The molecule has 1 heterocycles. The largest absolute Gasteiger partial charge is 0.484 e. The van der Waals surface area contributed by atoms with Gasteiger partial charge < -0.3 is 14.5 Å². The summed E-state index contributed by atoms with van der Waals surface area (Å²) in [5, 5.41) is 0. The fourth-order valence-electron chi connectivity index (χ4n) is 4.65. The maximum atomic E-state index is 12.4. The fraction of sp³-hybridized carbons (Fsp3) is 0.571. The maximum Gasteiger partial charge on any atom is 0.260 e. The van der Waals surface area contributed by atoms with Gasteiger partial charge in [-0.05, 0) is 43.7 Å². The van der Waals surface area contributed by atoms with Gasteiger partial charge in [-0.3, -0.25) is 4.79 Å². The number of benzene rings is 1. The zero-order valence-corrected chi connectivity index (χ0v) is 15.1. The number of nitrogens with zero attached hydrogens (tertiary/aromatic N) is 1. The lowest BCUT2D eigenvalue weighted by Crippen LogP contribution is -3.15. The van der Waals surface area contributed by atoms with E-state index >= 15 is 0 Å². The molecule has 25 heavy (non-hydrogen) atoms. The van der Waals surface area contributed by atoms with Crippen LogP contribution in [0.5, 0.6) is 5.75 Å². The minimum Gasteiger partial charge on any atom is -0.484 e. The second-order valence-electron chi connectivity index (χ2n) is 7.98. The third kappa shape index (κ3) is 3.90. The zero-order valence-electron chi connectivity index (χ0n) is 15.1. The molecule has 2 bridgehead atoms. The number of hydrogen-bond acceptors (Lipinski definition) is 2. The first-order valence-electron chi connectivity index (χ1n) is 9.66. The quantitative estimate of drug-likeness (QED) is 0.820. The maximum absolute atomic E-state index is 12.4. The molecule has 1 saturated heterocycles. The van der Waals surface area contributed by atoms with Crippen molar-refractivity contribution in [3.05, 3.63) is 42.0 Å². The minimum atomic E-state index is 0.113. The van der Waals surface area contributed by atoms with Crippen LogP contribution in [0.1, 0.15) is 18.4 Å². The number of fused-ring (bicyclic) bond motifs is 2. The molecule has 134 valence electrons. The van der Waals surface area contributed by atoms with Crippen LogP contribution in [0.3, 0.4) is 0 Å². The summed E-state index contributed by atoms with van der Waals surface area (Å²) in [4.78, 5) is 16.0. The van der Waals surface area contributed by atoms with E-state index in [0.717, 1.165) is 49.7 Å². The molecule has 0 aromatic heterocycles. The Morgan fingerprint density at radius 1 is 1.16 bits per heavy atom. The number of piperazine rings is 1. The van der Waals surface area contributed by atoms with Crippen molar-refractivity contribution < 1.29 is 14.4 Å². The highest BCUT2D eigenvalue weighted by Gasteiger charge is 2.38. The van der Waals surface area contributed by atoms with Crippen molar-refractivity contribution in [1.29, 1.82) is 0 Å². The summed E-state index contributed by atoms with van der Waals surface area (Å²) in [6, 6.07) is 7.86. The first-order valence-corrected chi connectivity index (χ1v) is 9.66. The van der Waals surface area contributed by atoms with E-state index in [-0.39, 0.29) is 12.5 Å². The SMILES string of the molecule is Cc1ccc(OCC(=O)N2CC[NH+](C[C@H]3C[C@@H]4C=C[C@H]3C4)CC2)cc1. The highest BCUT2D eigenvalue weighted by molar-refractivity contribution is 5.77. The average Bonchev–Trinajstić information content (AvgIpc) is 3.25. The second kappa shape index (κ2) is 7.20. The van der Waals surface area contributed by atoms with Gasteiger partial charge in [-0.1, -0.05) is 29.8 Å². The topological polar surface area (TPSA) is 34.0 Å². The lowest BCUT2D eigenvalue weighted by Gasteiger charge is -2.34. The molecule has 3 aliphatic rings. The number of carbonyl (C=O) groups is 1. The molecule has 1 amide bonds. The van der Waals surface area contributed by atoms with Crippen LogP contribution in [0, 0.1) is 24.7 Å². The normalized spacial score (nSPS) is 28.5. The highest BCUT2D eigenvalue weighted by Crippen LogP contribution is 2.42. The fourth-order valence-corrected chi connectivity index (χ4v) is 4.65. The molecule has 0 radical (unpaired) electrons. The van der Waals surface area contributed by atoms with Gasteiger partial charge in [0.15, 0.2) is 6.61 Å². The minimum absolute atomic E-state index is 0.113. The van der Waals surface area contributed by atoms with Gasteiger partial charge in [0, 0.05) is 5.92 Å². The lowest BCUT2D eigenvalue weighted by molar-refractivity contribution is -0.907. The molecule has 1 N–H and O–H groups in total.